The van der Waals surface area contributed by atoms with E-state index in [1.165, 1.54) is 0 Å². The van der Waals surface area contributed by atoms with Crippen LogP contribution in [0.2, 0.25) is 0 Å². The van der Waals surface area contributed by atoms with Crippen molar-refractivity contribution in [3.05, 3.63) is 158 Å². The van der Waals surface area contributed by atoms with E-state index in [4.69, 9.17) is 14.3 Å². The zero-order chi connectivity index (χ0) is 37.2. The zero-order valence-corrected chi connectivity index (χ0v) is 24.2. The average molecular weight is 595 g/mol. The highest BCUT2D eigenvalue weighted by Gasteiger charge is 2.22. The molecule has 0 bridgehead atoms. The van der Waals surface area contributed by atoms with E-state index < -0.39 is 24.2 Å². The van der Waals surface area contributed by atoms with Gasteiger partial charge in [0.25, 0.3) is 0 Å². The van der Waals surface area contributed by atoms with Gasteiger partial charge in [-0.25, -0.2) is 0 Å². The number of para-hydroxylation sites is 2. The minimum absolute atomic E-state index is 0.136. The topological polar surface area (TPSA) is 26.3 Å². The monoisotopic (exact) mass is 594 g/mol. The van der Waals surface area contributed by atoms with Crippen LogP contribution in [0.15, 0.2) is 166 Å². The van der Waals surface area contributed by atoms with Crippen LogP contribution in [0.25, 0.3) is 98.8 Å². The van der Waals surface area contributed by atoms with Crippen LogP contribution in [0.3, 0.4) is 0 Å². The van der Waals surface area contributed by atoms with Crippen LogP contribution in [0.5, 0.6) is 0 Å². The van der Waals surface area contributed by atoms with Crippen molar-refractivity contribution < 1.29 is 19.8 Å². The maximum Gasteiger partial charge on any atom is 0.143 e. The van der Waals surface area contributed by atoms with Crippen molar-refractivity contribution in [2.24, 2.45) is 0 Å². The van der Waals surface area contributed by atoms with Crippen molar-refractivity contribution >= 4 is 65.4 Å². The molecule has 2 heterocycles. The van der Waals surface area contributed by atoms with Crippen molar-refractivity contribution in [2.75, 3.05) is 0 Å². The summed E-state index contributed by atoms with van der Waals surface area (Å²) in [7, 11) is 0. The van der Waals surface area contributed by atoms with Gasteiger partial charge in [0, 0.05) is 27.1 Å². The Morgan fingerprint density at radius 1 is 0.391 bits per heavy atom. The fraction of sp³-hybridized carbons (Fsp3) is 0. The lowest BCUT2D eigenvalue weighted by Crippen LogP contribution is -1.92. The minimum atomic E-state index is -0.457. The first kappa shape index (κ1) is 18.6. The Morgan fingerprint density at radius 3 is 1.67 bits per heavy atom. The molecule has 0 aliphatic rings. The van der Waals surface area contributed by atoms with Gasteiger partial charge in [0.05, 0.1) is 11.0 Å². The molecule has 0 amide bonds. The highest BCUT2D eigenvalue weighted by molar-refractivity contribution is 6.27. The molecule has 10 rings (SSSR count). The lowest BCUT2D eigenvalue weighted by Gasteiger charge is -2.18. The number of hydrogen-bond donors (Lipinski definition) is 0. The fourth-order valence-corrected chi connectivity index (χ4v) is 6.95. The number of benzene rings is 8. The predicted molar refractivity (Wildman–Crippen MR) is 192 cm³/mol. The van der Waals surface area contributed by atoms with Crippen LogP contribution in [0, 0.1) is 0 Å². The Kier molecular flexibility index (Phi) is 3.92. The van der Waals surface area contributed by atoms with E-state index in [9.17, 15) is 5.48 Å². The van der Waals surface area contributed by atoms with Gasteiger partial charge in [0.15, 0.2) is 0 Å². The summed E-state index contributed by atoms with van der Waals surface area (Å²) in [5.74, 6) is 0. The first-order valence-corrected chi connectivity index (χ1v) is 15.0. The van der Waals surface area contributed by atoms with Gasteiger partial charge in [0.2, 0.25) is 0 Å². The minimum Gasteiger partial charge on any atom is -0.456 e. The summed E-state index contributed by atoms with van der Waals surface area (Å²) in [6.45, 7) is 0. The van der Waals surface area contributed by atoms with E-state index in [1.807, 2.05) is 103 Å². The summed E-state index contributed by atoms with van der Waals surface area (Å²) in [6.07, 6.45) is 0. The molecule has 8 aromatic carbocycles. The molecule has 0 atom stereocenters. The van der Waals surface area contributed by atoms with E-state index >= 15 is 0 Å². The Morgan fingerprint density at radius 2 is 0.957 bits per heavy atom. The molecule has 0 unspecified atom stereocenters. The molecule has 0 spiro atoms. The lowest BCUT2D eigenvalue weighted by molar-refractivity contribution is 0.669. The quantitative estimate of drug-likeness (QED) is 0.190. The number of hydrogen-bond acceptors (Lipinski definition) is 2. The molecule has 2 aromatic heterocycles. The predicted octanol–water partition coefficient (Wildman–Crippen LogP) is 12.8. The normalized spacial score (nSPS) is 14.3. The number of rotatable bonds is 3. The maximum absolute atomic E-state index is 9.46. The van der Waals surface area contributed by atoms with E-state index in [0.29, 0.717) is 38.8 Å². The van der Waals surface area contributed by atoms with Gasteiger partial charge in [-0.1, -0.05) is 127 Å². The summed E-state index contributed by atoms with van der Waals surface area (Å²) < 4.78 is 86.0. The highest BCUT2D eigenvalue weighted by atomic mass is 16.3. The van der Waals surface area contributed by atoms with Gasteiger partial charge in [-0.15, -0.1) is 0 Å². The maximum atomic E-state index is 9.46. The Labute approximate surface area is 276 Å². The standard InChI is InChI=1S/C44H26O2/c1-2-12-27(13-3-1)29-24-25-37(43-36-19-9-11-21-39(36)46-44(29)43)42-34-17-6-4-15-32(34)41(33-16-5-7-18-35(33)42)28-22-23-31-30-14-8-10-20-38(30)45-40(31)26-28/h1-26H/i4D,5D,6D,7D,15D,16D,17D,18D. The number of fused-ring (bicyclic) bond motifs is 8. The summed E-state index contributed by atoms with van der Waals surface area (Å²) >= 11 is 0. The molecule has 0 saturated carbocycles. The van der Waals surface area contributed by atoms with Crippen LogP contribution >= 0.6 is 0 Å². The second kappa shape index (κ2) is 9.69. The van der Waals surface area contributed by atoms with Gasteiger partial charge >= 0.3 is 0 Å². The highest BCUT2D eigenvalue weighted by Crippen LogP contribution is 2.48. The van der Waals surface area contributed by atoms with Crippen LogP contribution in [-0.2, 0) is 0 Å². The molecular weight excluding hydrogens is 560 g/mol. The average Bonchev–Trinajstić information content (AvgIpc) is 3.78. The van der Waals surface area contributed by atoms with Crippen LogP contribution in [0.1, 0.15) is 11.0 Å². The van der Waals surface area contributed by atoms with Gasteiger partial charge < -0.3 is 8.83 Å². The van der Waals surface area contributed by atoms with Crippen molar-refractivity contribution in [3.8, 4) is 33.4 Å². The van der Waals surface area contributed by atoms with E-state index in [0.717, 1.165) is 27.3 Å². The molecule has 0 N–H and O–H groups in total. The van der Waals surface area contributed by atoms with Gasteiger partial charge in [0.1, 0.15) is 22.3 Å². The molecule has 0 fully saturated rings. The third-order valence-electron chi connectivity index (χ3n) is 8.92. The first-order chi connectivity index (χ1) is 26.2. The summed E-state index contributed by atoms with van der Waals surface area (Å²) in [6, 6.07) is 31.0. The van der Waals surface area contributed by atoms with Crippen LogP contribution in [0.4, 0.5) is 0 Å². The SMILES string of the molecule is [2H]c1c([2H])c([2H])c2c(-c3ccc(-c4ccccc4)c4oc5ccccc5c34)c3c([2H])c([2H])c([2H])c([2H])c3c(-c3ccc4c(c3)oc3ccccc34)c2c1[2H]. The molecule has 2 nitrogen and oxygen atoms in total. The van der Waals surface area contributed by atoms with E-state index in [1.54, 1.807) is 6.07 Å². The molecule has 214 valence electrons. The smallest absolute Gasteiger partial charge is 0.143 e. The molecule has 0 saturated heterocycles. The van der Waals surface area contributed by atoms with Crippen LogP contribution < -0.4 is 0 Å². The second-order valence-electron chi connectivity index (χ2n) is 11.4. The molecule has 2 heteroatoms. The van der Waals surface area contributed by atoms with Gasteiger partial charge in [-0.2, -0.15) is 0 Å². The summed E-state index contributed by atoms with van der Waals surface area (Å²) in [5.41, 5.74) is 5.59. The Bertz CT molecular complexity index is 3170. The summed E-state index contributed by atoms with van der Waals surface area (Å²) in [5, 5.41) is 3.71. The van der Waals surface area contributed by atoms with Gasteiger partial charge in [-0.05, 0) is 79.7 Å². The Hall–Kier alpha value is -6.12. The lowest BCUT2D eigenvalue weighted by atomic mass is 9.84. The number of furan rings is 2. The van der Waals surface area contributed by atoms with Crippen LogP contribution in [-0.4, -0.2) is 0 Å². The van der Waals surface area contributed by atoms with Crippen molar-refractivity contribution in [2.45, 2.75) is 0 Å². The second-order valence-corrected chi connectivity index (χ2v) is 11.4. The fourth-order valence-electron chi connectivity index (χ4n) is 6.95. The van der Waals surface area contributed by atoms with Crippen molar-refractivity contribution in [3.63, 3.8) is 0 Å². The zero-order valence-electron chi connectivity index (χ0n) is 32.2. The largest absolute Gasteiger partial charge is 0.456 e. The third kappa shape index (κ3) is 3.59. The third-order valence-corrected chi connectivity index (χ3v) is 8.92. The molecule has 0 radical (unpaired) electrons. The molecular formula is C44H26O2. The Balaban J connectivity index is 1.46. The van der Waals surface area contributed by atoms with Crippen molar-refractivity contribution in [1.82, 2.24) is 0 Å². The van der Waals surface area contributed by atoms with E-state index in [2.05, 4.69) is 0 Å². The first-order valence-electron chi connectivity index (χ1n) is 19.0. The van der Waals surface area contributed by atoms with Gasteiger partial charge in [-0.3, -0.25) is 0 Å². The molecule has 10 aromatic rings. The molecule has 46 heavy (non-hydrogen) atoms. The molecule has 0 aliphatic carbocycles. The van der Waals surface area contributed by atoms with E-state index in [-0.39, 0.29) is 56.8 Å². The molecule has 0 aliphatic heterocycles. The summed E-state index contributed by atoms with van der Waals surface area (Å²) in [4.78, 5) is 0. The van der Waals surface area contributed by atoms with Crippen molar-refractivity contribution in [1.29, 1.82) is 0 Å².